The van der Waals surface area contributed by atoms with Gasteiger partial charge < -0.3 is 10.2 Å². The van der Waals surface area contributed by atoms with E-state index in [1.165, 1.54) is 11.3 Å². The number of thiophene rings is 1. The Morgan fingerprint density at radius 3 is 2.82 bits per heavy atom. The lowest BCUT2D eigenvalue weighted by molar-refractivity contribution is -0.134. The van der Waals surface area contributed by atoms with Crippen molar-refractivity contribution in [2.75, 3.05) is 19.6 Å². The van der Waals surface area contributed by atoms with Crippen molar-refractivity contribution in [3.8, 4) is 0 Å². The Balaban J connectivity index is 1.60. The summed E-state index contributed by atoms with van der Waals surface area (Å²) in [5.74, 6) is 0.165. The van der Waals surface area contributed by atoms with Crippen molar-refractivity contribution in [3.63, 3.8) is 0 Å². The van der Waals surface area contributed by atoms with Crippen LogP contribution in [-0.2, 0) is 4.79 Å². The summed E-state index contributed by atoms with van der Waals surface area (Å²) in [5.41, 5.74) is 0. The number of amides is 2. The molecule has 5 heteroatoms. The van der Waals surface area contributed by atoms with E-state index in [1.807, 2.05) is 16.3 Å². The highest BCUT2D eigenvalue weighted by Crippen LogP contribution is 2.09. The second-order valence-corrected chi connectivity index (χ2v) is 5.02. The third-order valence-electron chi connectivity index (χ3n) is 2.81. The monoisotopic (exact) mass is 252 g/mol. The predicted octanol–water partition coefficient (Wildman–Crippen LogP) is 1.49. The molecule has 2 rings (SSSR count). The number of nitrogens with zero attached hydrogens (tertiary/aromatic N) is 1. The first-order valence-corrected chi connectivity index (χ1v) is 6.75. The lowest BCUT2D eigenvalue weighted by Gasteiger charge is -2.30. The molecule has 0 radical (unpaired) electrons. The Labute approximate surface area is 105 Å². The molecule has 1 fully saturated rings. The highest BCUT2D eigenvalue weighted by Gasteiger charge is 2.19. The topological polar surface area (TPSA) is 49.4 Å². The lowest BCUT2D eigenvalue weighted by Crippen LogP contribution is -2.42. The van der Waals surface area contributed by atoms with Crippen LogP contribution in [0.4, 0.5) is 0 Å². The molecule has 0 bridgehead atoms. The van der Waals surface area contributed by atoms with Crippen molar-refractivity contribution < 1.29 is 9.59 Å². The number of carbonyl (C=O) groups is 2. The number of nitrogens with one attached hydrogen (secondary N) is 1. The minimum absolute atomic E-state index is 0.0450. The number of carbonyl (C=O) groups excluding carboxylic acids is 2. The van der Waals surface area contributed by atoms with Gasteiger partial charge in [-0.05, 0) is 24.3 Å². The van der Waals surface area contributed by atoms with Crippen LogP contribution in [-0.4, -0.2) is 36.3 Å². The molecular formula is C12H16N2O2S. The summed E-state index contributed by atoms with van der Waals surface area (Å²) in [6.45, 7) is 2.37. The average molecular weight is 252 g/mol. The molecule has 0 aliphatic carbocycles. The van der Waals surface area contributed by atoms with Gasteiger partial charge in [0.05, 0.1) is 4.88 Å². The molecule has 1 aliphatic rings. The fraction of sp³-hybridized carbons (Fsp3) is 0.500. The van der Waals surface area contributed by atoms with E-state index < -0.39 is 0 Å². The van der Waals surface area contributed by atoms with E-state index in [0.717, 1.165) is 24.4 Å². The smallest absolute Gasteiger partial charge is 0.261 e. The van der Waals surface area contributed by atoms with Gasteiger partial charge in [0.2, 0.25) is 5.91 Å². The third kappa shape index (κ3) is 3.30. The van der Waals surface area contributed by atoms with Crippen LogP contribution >= 0.6 is 11.3 Å². The second-order valence-electron chi connectivity index (χ2n) is 4.07. The molecule has 1 N–H and O–H groups in total. The van der Waals surface area contributed by atoms with E-state index in [9.17, 15) is 9.59 Å². The number of rotatable bonds is 5. The van der Waals surface area contributed by atoms with Crippen LogP contribution in [0.5, 0.6) is 0 Å². The van der Waals surface area contributed by atoms with E-state index in [-0.39, 0.29) is 11.8 Å². The van der Waals surface area contributed by atoms with Crippen LogP contribution in [0.15, 0.2) is 17.5 Å². The molecule has 1 saturated heterocycles. The fourth-order valence-corrected chi connectivity index (χ4v) is 2.30. The zero-order valence-electron chi connectivity index (χ0n) is 9.65. The second kappa shape index (κ2) is 5.82. The summed E-state index contributed by atoms with van der Waals surface area (Å²) in [6.07, 6.45) is 2.37. The SMILES string of the molecule is O=C(NCCCC(=O)N1CCC1)c1cccs1. The van der Waals surface area contributed by atoms with E-state index in [1.54, 1.807) is 6.07 Å². The van der Waals surface area contributed by atoms with Crippen LogP contribution in [0.2, 0.25) is 0 Å². The van der Waals surface area contributed by atoms with Gasteiger partial charge in [0.25, 0.3) is 5.91 Å². The van der Waals surface area contributed by atoms with E-state index in [4.69, 9.17) is 0 Å². The maximum atomic E-state index is 11.6. The molecule has 2 heterocycles. The van der Waals surface area contributed by atoms with Gasteiger partial charge >= 0.3 is 0 Å². The first kappa shape index (κ1) is 12.1. The summed E-state index contributed by atoms with van der Waals surface area (Å²) in [7, 11) is 0. The van der Waals surface area contributed by atoms with Gasteiger partial charge in [-0.15, -0.1) is 11.3 Å². The van der Waals surface area contributed by atoms with Crippen LogP contribution in [0.3, 0.4) is 0 Å². The van der Waals surface area contributed by atoms with Gasteiger partial charge in [0.1, 0.15) is 0 Å². The number of hydrogen-bond donors (Lipinski definition) is 1. The van der Waals surface area contributed by atoms with Gasteiger partial charge in [-0.2, -0.15) is 0 Å². The minimum atomic E-state index is -0.0450. The Hall–Kier alpha value is -1.36. The highest BCUT2D eigenvalue weighted by molar-refractivity contribution is 7.12. The molecule has 0 spiro atoms. The van der Waals surface area contributed by atoms with Crippen LogP contribution < -0.4 is 5.32 Å². The van der Waals surface area contributed by atoms with Crippen LogP contribution in [0, 0.1) is 0 Å². The zero-order chi connectivity index (χ0) is 12.1. The number of likely N-dealkylation sites (tertiary alicyclic amines) is 1. The Morgan fingerprint density at radius 1 is 1.41 bits per heavy atom. The Bertz CT molecular complexity index is 385. The Morgan fingerprint density at radius 2 is 2.24 bits per heavy atom. The maximum absolute atomic E-state index is 11.6. The van der Waals surface area contributed by atoms with Crippen molar-refractivity contribution in [2.24, 2.45) is 0 Å². The molecule has 1 aromatic rings. The first-order chi connectivity index (χ1) is 8.27. The minimum Gasteiger partial charge on any atom is -0.351 e. The zero-order valence-corrected chi connectivity index (χ0v) is 10.5. The molecule has 4 nitrogen and oxygen atoms in total. The summed E-state index contributed by atoms with van der Waals surface area (Å²) >= 11 is 1.43. The van der Waals surface area contributed by atoms with Gasteiger partial charge in [-0.1, -0.05) is 6.07 Å². The van der Waals surface area contributed by atoms with Crippen molar-refractivity contribution in [3.05, 3.63) is 22.4 Å². The molecule has 0 saturated carbocycles. The van der Waals surface area contributed by atoms with Gasteiger partial charge in [-0.25, -0.2) is 0 Å². The van der Waals surface area contributed by atoms with E-state index >= 15 is 0 Å². The van der Waals surface area contributed by atoms with Crippen molar-refractivity contribution >= 4 is 23.2 Å². The van der Waals surface area contributed by atoms with Crippen molar-refractivity contribution in [1.29, 1.82) is 0 Å². The van der Waals surface area contributed by atoms with E-state index in [2.05, 4.69) is 5.32 Å². The third-order valence-corrected chi connectivity index (χ3v) is 3.68. The van der Waals surface area contributed by atoms with Gasteiger partial charge in [0.15, 0.2) is 0 Å². The normalized spacial score (nSPS) is 14.2. The molecule has 0 aromatic carbocycles. The maximum Gasteiger partial charge on any atom is 0.261 e. The fourth-order valence-electron chi connectivity index (χ4n) is 1.66. The van der Waals surface area contributed by atoms with Crippen LogP contribution in [0.25, 0.3) is 0 Å². The summed E-state index contributed by atoms with van der Waals surface area (Å²) in [6, 6.07) is 3.65. The molecule has 2 amide bonds. The lowest BCUT2D eigenvalue weighted by atomic mass is 10.2. The summed E-state index contributed by atoms with van der Waals surface area (Å²) in [5, 5.41) is 4.69. The molecule has 17 heavy (non-hydrogen) atoms. The van der Waals surface area contributed by atoms with Crippen LogP contribution in [0.1, 0.15) is 28.9 Å². The molecular weight excluding hydrogens is 236 g/mol. The standard InChI is InChI=1S/C12H16N2O2S/c15-11(14-7-3-8-14)5-1-6-13-12(16)10-4-2-9-17-10/h2,4,9H,1,3,5-8H2,(H,13,16). The van der Waals surface area contributed by atoms with Gasteiger partial charge in [-0.3, -0.25) is 9.59 Å². The summed E-state index contributed by atoms with van der Waals surface area (Å²) in [4.78, 5) is 25.7. The quantitative estimate of drug-likeness (QED) is 0.807. The molecule has 92 valence electrons. The molecule has 1 aromatic heterocycles. The Kier molecular flexibility index (Phi) is 4.14. The molecule has 0 atom stereocenters. The van der Waals surface area contributed by atoms with Crippen molar-refractivity contribution in [2.45, 2.75) is 19.3 Å². The first-order valence-electron chi connectivity index (χ1n) is 5.87. The summed E-state index contributed by atoms with van der Waals surface area (Å²) < 4.78 is 0. The van der Waals surface area contributed by atoms with Crippen molar-refractivity contribution in [1.82, 2.24) is 10.2 Å². The van der Waals surface area contributed by atoms with E-state index in [0.29, 0.717) is 19.4 Å². The largest absolute Gasteiger partial charge is 0.351 e. The molecule has 0 unspecified atom stereocenters. The predicted molar refractivity (Wildman–Crippen MR) is 67.1 cm³/mol. The number of hydrogen-bond acceptors (Lipinski definition) is 3. The molecule has 1 aliphatic heterocycles. The average Bonchev–Trinajstić information content (AvgIpc) is 2.74. The highest BCUT2D eigenvalue weighted by atomic mass is 32.1. The van der Waals surface area contributed by atoms with Gasteiger partial charge in [0, 0.05) is 26.1 Å².